The number of amides is 1. The fraction of sp³-hybridized carbons (Fsp3) is 0.409. The number of aliphatic imine (C=N–C) groups is 1. The van der Waals surface area contributed by atoms with Gasteiger partial charge in [-0.25, -0.2) is 14.8 Å². The normalized spacial score (nSPS) is 12.3. The van der Waals surface area contributed by atoms with E-state index in [0.29, 0.717) is 11.9 Å². The summed E-state index contributed by atoms with van der Waals surface area (Å²) in [6, 6.07) is 3.97. The molecule has 35 heavy (non-hydrogen) atoms. The Morgan fingerprint density at radius 1 is 1.23 bits per heavy atom. The summed E-state index contributed by atoms with van der Waals surface area (Å²) in [5, 5.41) is 2.40. The summed E-state index contributed by atoms with van der Waals surface area (Å²) in [6.07, 6.45) is -3.55. The highest BCUT2D eigenvalue weighted by Crippen LogP contribution is 2.34. The maximum atomic E-state index is 13.3. The summed E-state index contributed by atoms with van der Waals surface area (Å²) >= 11 is 5.19. The quantitative estimate of drug-likeness (QED) is 0.335. The molecule has 2 heterocycles. The minimum atomic E-state index is -4.69. The number of amidine groups is 1. The fourth-order valence-electron chi connectivity index (χ4n) is 2.58. The lowest BCUT2D eigenvalue weighted by Gasteiger charge is -2.26. The number of carbonyl (C=O) groups excluding carboxylic acids is 1. The number of halogens is 3. The van der Waals surface area contributed by atoms with Gasteiger partial charge in [0.1, 0.15) is 17.0 Å². The zero-order valence-corrected chi connectivity index (χ0v) is 20.9. The summed E-state index contributed by atoms with van der Waals surface area (Å²) in [5.41, 5.74) is 4.11. The second-order valence-corrected chi connectivity index (χ2v) is 8.99. The smallest absolute Gasteiger partial charge is 0.417 e. The van der Waals surface area contributed by atoms with E-state index in [-0.39, 0.29) is 34.3 Å². The number of carbonyl (C=O) groups is 1. The van der Waals surface area contributed by atoms with Gasteiger partial charge in [0.05, 0.1) is 17.4 Å². The number of nitrogens with one attached hydrogen (secondary N) is 1. The molecule has 0 aliphatic heterocycles. The number of anilines is 2. The standard InChI is InChI=1S/C22H27F3N6O3S/c1-12(2)33-14-7-8-27-15(10-14)17(26)29-19(35)30-18-16(9-13(11-28-18)22(23,24)25)31(6)20(32)34-21(3,4)5/h7-12H,1-6H3,(H3,26,28,29,30,35). The van der Waals surface area contributed by atoms with Crippen molar-refractivity contribution >= 4 is 40.8 Å². The van der Waals surface area contributed by atoms with E-state index in [2.05, 4.69) is 20.3 Å². The molecule has 0 spiro atoms. The van der Waals surface area contributed by atoms with E-state index in [1.165, 1.54) is 13.2 Å². The zero-order chi connectivity index (χ0) is 26.6. The summed E-state index contributed by atoms with van der Waals surface area (Å²) in [7, 11) is 1.25. The van der Waals surface area contributed by atoms with Crippen LogP contribution < -0.4 is 20.7 Å². The molecule has 0 atom stereocenters. The molecule has 0 aliphatic rings. The molecular formula is C22H27F3N6O3S. The van der Waals surface area contributed by atoms with Gasteiger partial charge < -0.3 is 20.5 Å². The van der Waals surface area contributed by atoms with Crippen LogP contribution in [0.4, 0.5) is 29.5 Å². The van der Waals surface area contributed by atoms with Crippen LogP contribution in [0.2, 0.25) is 0 Å². The number of hydrogen-bond donors (Lipinski definition) is 2. The first-order chi connectivity index (χ1) is 16.1. The predicted molar refractivity (Wildman–Crippen MR) is 131 cm³/mol. The van der Waals surface area contributed by atoms with Crippen molar-refractivity contribution in [3.63, 3.8) is 0 Å². The van der Waals surface area contributed by atoms with Crippen molar-refractivity contribution < 1.29 is 27.4 Å². The van der Waals surface area contributed by atoms with Crippen molar-refractivity contribution in [1.29, 1.82) is 0 Å². The molecule has 3 N–H and O–H groups in total. The van der Waals surface area contributed by atoms with Crippen molar-refractivity contribution in [2.75, 3.05) is 17.3 Å². The van der Waals surface area contributed by atoms with Gasteiger partial charge in [-0.2, -0.15) is 13.2 Å². The molecule has 190 valence electrons. The summed E-state index contributed by atoms with van der Waals surface area (Å²) < 4.78 is 50.7. The van der Waals surface area contributed by atoms with Crippen molar-refractivity contribution in [1.82, 2.24) is 9.97 Å². The zero-order valence-electron chi connectivity index (χ0n) is 20.1. The molecule has 1 amide bonds. The highest BCUT2D eigenvalue weighted by atomic mass is 32.1. The van der Waals surface area contributed by atoms with Crippen LogP contribution in [0, 0.1) is 0 Å². The van der Waals surface area contributed by atoms with Crippen LogP contribution >= 0.6 is 12.2 Å². The summed E-state index contributed by atoms with van der Waals surface area (Å²) in [4.78, 5) is 25.3. The SMILES string of the molecule is CC(C)Oc1ccnc(C(N)=NC(=S)Nc2ncc(C(F)(F)F)cc2N(C)C(=O)OC(C)(C)C)c1. The highest BCUT2D eigenvalue weighted by molar-refractivity contribution is 7.80. The van der Waals surface area contributed by atoms with Crippen molar-refractivity contribution in [3.8, 4) is 5.75 Å². The number of nitrogens with two attached hydrogens (primary N) is 1. The number of pyridine rings is 2. The third kappa shape index (κ3) is 8.35. The Bertz CT molecular complexity index is 1120. The van der Waals surface area contributed by atoms with Gasteiger partial charge in [0.2, 0.25) is 0 Å². The number of alkyl halides is 3. The van der Waals surface area contributed by atoms with E-state index in [0.717, 1.165) is 11.0 Å². The largest absolute Gasteiger partial charge is 0.491 e. The van der Waals surface area contributed by atoms with Crippen LogP contribution in [0.3, 0.4) is 0 Å². The molecule has 9 nitrogen and oxygen atoms in total. The highest BCUT2D eigenvalue weighted by Gasteiger charge is 2.33. The second-order valence-electron chi connectivity index (χ2n) is 8.60. The number of thiocarbonyl (C=S) groups is 1. The van der Waals surface area contributed by atoms with Crippen molar-refractivity contribution in [3.05, 3.63) is 41.9 Å². The average molecular weight is 513 g/mol. The molecule has 0 saturated heterocycles. The molecule has 2 aromatic rings. The van der Waals surface area contributed by atoms with Gasteiger partial charge >= 0.3 is 12.3 Å². The Morgan fingerprint density at radius 2 is 1.89 bits per heavy atom. The van der Waals surface area contributed by atoms with Gasteiger partial charge in [-0.1, -0.05) is 0 Å². The molecule has 2 aromatic heterocycles. The third-order valence-electron chi connectivity index (χ3n) is 4.04. The number of aromatic nitrogens is 2. The minimum absolute atomic E-state index is 0.0642. The number of hydrogen-bond acceptors (Lipinski definition) is 6. The third-order valence-corrected chi connectivity index (χ3v) is 4.23. The molecular weight excluding hydrogens is 485 g/mol. The van der Waals surface area contributed by atoms with E-state index in [9.17, 15) is 18.0 Å². The number of nitrogens with zero attached hydrogens (tertiary/aromatic N) is 4. The Morgan fingerprint density at radius 3 is 2.46 bits per heavy atom. The van der Waals surface area contributed by atoms with Crippen LogP contribution in [0.15, 0.2) is 35.6 Å². The molecule has 0 bridgehead atoms. The molecule has 0 unspecified atom stereocenters. The molecule has 0 radical (unpaired) electrons. The molecule has 2 rings (SSSR count). The second kappa shape index (κ2) is 10.8. The molecule has 0 saturated carbocycles. The van der Waals surface area contributed by atoms with E-state index in [1.807, 2.05) is 13.8 Å². The maximum absolute atomic E-state index is 13.3. The van der Waals surface area contributed by atoms with Crippen molar-refractivity contribution in [2.24, 2.45) is 10.7 Å². The van der Waals surface area contributed by atoms with Gasteiger partial charge in [-0.05, 0) is 59.0 Å². The lowest BCUT2D eigenvalue weighted by Crippen LogP contribution is -2.35. The first kappa shape index (κ1) is 27.8. The number of ether oxygens (including phenoxy) is 2. The van der Waals surface area contributed by atoms with Crippen LogP contribution in [0.5, 0.6) is 5.75 Å². The van der Waals surface area contributed by atoms with Gasteiger partial charge in [-0.15, -0.1) is 0 Å². The van der Waals surface area contributed by atoms with E-state index in [4.69, 9.17) is 27.4 Å². The molecule has 0 aliphatic carbocycles. The maximum Gasteiger partial charge on any atom is 0.417 e. The van der Waals surface area contributed by atoms with Gasteiger partial charge in [0, 0.05) is 25.5 Å². The van der Waals surface area contributed by atoms with Crippen molar-refractivity contribution in [2.45, 2.75) is 52.5 Å². The van der Waals surface area contributed by atoms with Gasteiger partial charge in [0.15, 0.2) is 16.8 Å². The van der Waals surface area contributed by atoms with E-state index in [1.54, 1.807) is 32.9 Å². The first-order valence-electron chi connectivity index (χ1n) is 10.4. The van der Waals surface area contributed by atoms with Gasteiger partial charge in [-0.3, -0.25) is 9.88 Å². The monoisotopic (exact) mass is 512 g/mol. The summed E-state index contributed by atoms with van der Waals surface area (Å²) in [6.45, 7) is 8.61. The summed E-state index contributed by atoms with van der Waals surface area (Å²) in [5.74, 6) is 0.302. The molecule has 0 fully saturated rings. The molecule has 13 heteroatoms. The van der Waals surface area contributed by atoms with Crippen LogP contribution in [-0.2, 0) is 10.9 Å². The average Bonchev–Trinajstić information content (AvgIpc) is 2.71. The predicted octanol–water partition coefficient (Wildman–Crippen LogP) is 4.76. The Balaban J connectivity index is 2.36. The van der Waals surface area contributed by atoms with E-state index < -0.39 is 23.4 Å². The van der Waals surface area contributed by atoms with Crippen LogP contribution in [0.25, 0.3) is 0 Å². The van der Waals surface area contributed by atoms with Crippen LogP contribution in [-0.4, -0.2) is 45.8 Å². The minimum Gasteiger partial charge on any atom is -0.491 e. The Kier molecular flexibility index (Phi) is 8.60. The number of rotatable bonds is 5. The van der Waals surface area contributed by atoms with Gasteiger partial charge in [0.25, 0.3) is 0 Å². The van der Waals surface area contributed by atoms with E-state index >= 15 is 0 Å². The topological polar surface area (TPSA) is 115 Å². The lowest BCUT2D eigenvalue weighted by atomic mass is 10.2. The van der Waals surface area contributed by atoms with Crippen LogP contribution in [0.1, 0.15) is 45.9 Å². The molecule has 0 aromatic carbocycles. The fourth-order valence-corrected chi connectivity index (χ4v) is 2.78. The first-order valence-corrected chi connectivity index (χ1v) is 10.8. The lowest BCUT2D eigenvalue weighted by molar-refractivity contribution is -0.137. The Labute approximate surface area is 206 Å². The Hall–Kier alpha value is -3.48.